The van der Waals surface area contributed by atoms with Crippen LogP contribution in [0.5, 0.6) is 0 Å². The molecule has 0 aromatic heterocycles. The fraction of sp³-hybridized carbons (Fsp3) is 0.0667. The predicted octanol–water partition coefficient (Wildman–Crippen LogP) is 2.62. The van der Waals surface area contributed by atoms with Crippen molar-refractivity contribution in [3.8, 4) is 0 Å². The van der Waals surface area contributed by atoms with E-state index >= 15 is 0 Å². The highest BCUT2D eigenvalue weighted by Gasteiger charge is 2.09. The molecule has 21 heavy (non-hydrogen) atoms. The minimum atomic E-state index is -0.570. The van der Waals surface area contributed by atoms with Crippen LogP contribution < -0.4 is 16.4 Å². The Morgan fingerprint density at radius 3 is 2.33 bits per heavy atom. The van der Waals surface area contributed by atoms with Crippen LogP contribution in [0.4, 0.5) is 21.5 Å². The van der Waals surface area contributed by atoms with E-state index in [-0.39, 0.29) is 17.2 Å². The van der Waals surface area contributed by atoms with E-state index < -0.39 is 11.7 Å². The van der Waals surface area contributed by atoms with Crippen LogP contribution in [0, 0.1) is 5.82 Å². The lowest BCUT2D eigenvalue weighted by molar-refractivity contribution is -0.114. The van der Waals surface area contributed by atoms with Gasteiger partial charge in [-0.25, -0.2) is 4.39 Å². The zero-order valence-electron chi connectivity index (χ0n) is 11.3. The maximum absolute atomic E-state index is 13.1. The van der Waals surface area contributed by atoms with E-state index in [2.05, 4.69) is 10.6 Å². The van der Waals surface area contributed by atoms with E-state index in [1.807, 2.05) is 0 Å². The van der Waals surface area contributed by atoms with Gasteiger partial charge in [0.25, 0.3) is 5.91 Å². The molecule has 0 saturated heterocycles. The first kappa shape index (κ1) is 14.5. The van der Waals surface area contributed by atoms with Crippen LogP contribution in [0.1, 0.15) is 17.3 Å². The summed E-state index contributed by atoms with van der Waals surface area (Å²) in [6.45, 7) is 1.40. The number of carbonyl (C=O) groups is 2. The molecule has 2 aromatic carbocycles. The van der Waals surface area contributed by atoms with Crippen molar-refractivity contribution in [1.29, 1.82) is 0 Å². The minimum Gasteiger partial charge on any atom is -0.396 e. The van der Waals surface area contributed by atoms with Crippen molar-refractivity contribution in [3.63, 3.8) is 0 Å². The molecule has 0 bridgehead atoms. The van der Waals surface area contributed by atoms with E-state index in [1.165, 1.54) is 19.1 Å². The highest BCUT2D eigenvalue weighted by Crippen LogP contribution is 2.17. The zero-order chi connectivity index (χ0) is 15.4. The third kappa shape index (κ3) is 3.79. The lowest BCUT2D eigenvalue weighted by Crippen LogP contribution is -2.13. The number of nitrogens with two attached hydrogens (primary N) is 1. The van der Waals surface area contributed by atoms with E-state index in [9.17, 15) is 14.0 Å². The van der Waals surface area contributed by atoms with Crippen molar-refractivity contribution in [3.05, 3.63) is 53.8 Å². The molecule has 0 aliphatic rings. The van der Waals surface area contributed by atoms with Gasteiger partial charge < -0.3 is 16.4 Å². The normalized spacial score (nSPS) is 10.0. The van der Waals surface area contributed by atoms with Gasteiger partial charge in [0.1, 0.15) is 5.82 Å². The topological polar surface area (TPSA) is 84.2 Å². The lowest BCUT2D eigenvalue weighted by Gasteiger charge is -2.08. The van der Waals surface area contributed by atoms with Crippen LogP contribution in [0.15, 0.2) is 42.5 Å². The highest BCUT2D eigenvalue weighted by atomic mass is 19.1. The third-order valence-corrected chi connectivity index (χ3v) is 2.70. The Balaban J connectivity index is 2.15. The number of nitrogen functional groups attached to an aromatic ring is 1. The third-order valence-electron chi connectivity index (χ3n) is 2.70. The first-order chi connectivity index (χ1) is 9.95. The molecule has 0 aliphatic carbocycles. The number of anilines is 3. The average Bonchev–Trinajstić information content (AvgIpc) is 2.41. The molecular formula is C15H14FN3O2. The lowest BCUT2D eigenvalue weighted by atomic mass is 10.1. The van der Waals surface area contributed by atoms with Gasteiger partial charge in [0, 0.05) is 23.9 Å². The van der Waals surface area contributed by atoms with Crippen LogP contribution in [0.3, 0.4) is 0 Å². The maximum Gasteiger partial charge on any atom is 0.255 e. The predicted molar refractivity (Wildman–Crippen MR) is 79.5 cm³/mol. The van der Waals surface area contributed by atoms with E-state index in [1.54, 1.807) is 24.3 Å². The summed E-state index contributed by atoms with van der Waals surface area (Å²) >= 11 is 0. The molecule has 0 spiro atoms. The Morgan fingerprint density at radius 1 is 1.05 bits per heavy atom. The number of hydrogen-bond donors (Lipinski definition) is 3. The van der Waals surface area contributed by atoms with E-state index in [0.29, 0.717) is 11.4 Å². The van der Waals surface area contributed by atoms with E-state index in [4.69, 9.17) is 5.73 Å². The fourth-order valence-electron chi connectivity index (χ4n) is 1.77. The molecule has 0 saturated carbocycles. The molecule has 2 amide bonds. The summed E-state index contributed by atoms with van der Waals surface area (Å²) in [4.78, 5) is 23.0. The average molecular weight is 287 g/mol. The Kier molecular flexibility index (Phi) is 4.18. The highest BCUT2D eigenvalue weighted by molar-refractivity contribution is 6.05. The summed E-state index contributed by atoms with van der Waals surface area (Å²) in [5.74, 6) is -1.19. The number of amides is 2. The number of carbonyl (C=O) groups excluding carboxylic acids is 2. The fourth-order valence-corrected chi connectivity index (χ4v) is 1.77. The zero-order valence-corrected chi connectivity index (χ0v) is 11.3. The van der Waals surface area contributed by atoms with Crippen LogP contribution in [-0.4, -0.2) is 11.8 Å². The number of benzene rings is 2. The van der Waals surface area contributed by atoms with Gasteiger partial charge in [-0.15, -0.1) is 0 Å². The van der Waals surface area contributed by atoms with Crippen molar-refractivity contribution in [2.24, 2.45) is 0 Å². The Bertz CT molecular complexity index is 701. The minimum absolute atomic E-state index is 0.0883. The van der Waals surface area contributed by atoms with Crippen molar-refractivity contribution in [1.82, 2.24) is 0 Å². The summed E-state index contributed by atoms with van der Waals surface area (Å²) in [5, 5.41) is 5.27. The SMILES string of the molecule is CC(=O)Nc1cccc(NC(=O)c2ccc(F)c(N)c2)c1. The standard InChI is InChI=1S/C15H14FN3O2/c1-9(20)18-11-3-2-4-12(8-11)19-15(21)10-5-6-13(16)14(17)7-10/h2-8H,17H2,1H3,(H,18,20)(H,19,21). The van der Waals surface area contributed by atoms with Gasteiger partial charge in [0.15, 0.2) is 0 Å². The van der Waals surface area contributed by atoms with Crippen molar-refractivity contribution in [2.45, 2.75) is 6.92 Å². The molecule has 6 heteroatoms. The van der Waals surface area contributed by atoms with Crippen LogP contribution in [0.2, 0.25) is 0 Å². The molecule has 4 N–H and O–H groups in total. The first-order valence-corrected chi connectivity index (χ1v) is 6.20. The smallest absolute Gasteiger partial charge is 0.255 e. The molecule has 0 fully saturated rings. The molecule has 108 valence electrons. The van der Waals surface area contributed by atoms with Crippen molar-refractivity contribution < 1.29 is 14.0 Å². The molecule has 0 radical (unpaired) electrons. The summed E-state index contributed by atoms with van der Waals surface area (Å²) < 4.78 is 13.1. The Labute approximate surface area is 121 Å². The first-order valence-electron chi connectivity index (χ1n) is 6.20. The summed E-state index contributed by atoms with van der Waals surface area (Å²) in [7, 11) is 0. The van der Waals surface area contributed by atoms with Gasteiger partial charge >= 0.3 is 0 Å². The molecule has 0 heterocycles. The number of hydrogen-bond acceptors (Lipinski definition) is 3. The van der Waals surface area contributed by atoms with E-state index in [0.717, 1.165) is 6.07 Å². The second-order valence-electron chi connectivity index (χ2n) is 4.45. The summed E-state index contributed by atoms with van der Waals surface area (Å²) in [6, 6.07) is 10.4. The molecule has 2 rings (SSSR count). The monoisotopic (exact) mass is 287 g/mol. The maximum atomic E-state index is 13.1. The van der Waals surface area contributed by atoms with Crippen LogP contribution in [-0.2, 0) is 4.79 Å². The van der Waals surface area contributed by atoms with Gasteiger partial charge in [-0.1, -0.05) is 6.07 Å². The molecule has 5 nitrogen and oxygen atoms in total. The van der Waals surface area contributed by atoms with Gasteiger partial charge in [-0.3, -0.25) is 9.59 Å². The molecule has 0 unspecified atom stereocenters. The second-order valence-corrected chi connectivity index (χ2v) is 4.45. The molecular weight excluding hydrogens is 273 g/mol. The quantitative estimate of drug-likeness (QED) is 0.759. The second kappa shape index (κ2) is 6.04. The summed E-state index contributed by atoms with van der Waals surface area (Å²) in [5.41, 5.74) is 6.67. The molecule has 0 atom stereocenters. The van der Waals surface area contributed by atoms with Gasteiger partial charge in [-0.05, 0) is 36.4 Å². The molecule has 0 aliphatic heterocycles. The van der Waals surface area contributed by atoms with Crippen molar-refractivity contribution >= 4 is 28.9 Å². The van der Waals surface area contributed by atoms with Crippen LogP contribution >= 0.6 is 0 Å². The summed E-state index contributed by atoms with van der Waals surface area (Å²) in [6.07, 6.45) is 0. The Morgan fingerprint density at radius 2 is 1.71 bits per heavy atom. The van der Waals surface area contributed by atoms with Crippen LogP contribution in [0.25, 0.3) is 0 Å². The largest absolute Gasteiger partial charge is 0.396 e. The number of rotatable bonds is 3. The van der Waals surface area contributed by atoms with Gasteiger partial charge in [0.05, 0.1) is 5.69 Å². The van der Waals surface area contributed by atoms with Gasteiger partial charge in [-0.2, -0.15) is 0 Å². The molecule has 2 aromatic rings. The Hall–Kier alpha value is -2.89. The number of nitrogens with one attached hydrogen (secondary N) is 2. The number of halogens is 1. The van der Waals surface area contributed by atoms with Crippen molar-refractivity contribution in [2.75, 3.05) is 16.4 Å². The van der Waals surface area contributed by atoms with Gasteiger partial charge in [0.2, 0.25) is 5.91 Å².